The monoisotopic (exact) mass is 304 g/mol. The summed E-state index contributed by atoms with van der Waals surface area (Å²) in [6, 6.07) is 8.15. The number of halogens is 3. The summed E-state index contributed by atoms with van der Waals surface area (Å²) in [7, 11) is 0. The lowest BCUT2D eigenvalue weighted by Gasteiger charge is -2.14. The van der Waals surface area contributed by atoms with Crippen molar-refractivity contribution in [3.05, 3.63) is 30.3 Å². The number of hydrogen-bond donors (Lipinski definition) is 2. The molecule has 0 aliphatic rings. The van der Waals surface area contributed by atoms with Gasteiger partial charge in [-0.3, -0.25) is 14.9 Å². The van der Waals surface area contributed by atoms with Gasteiger partial charge in [0.25, 0.3) is 5.91 Å². The van der Waals surface area contributed by atoms with E-state index in [1.54, 1.807) is 30.3 Å². The van der Waals surface area contributed by atoms with E-state index < -0.39 is 30.2 Å². The summed E-state index contributed by atoms with van der Waals surface area (Å²) in [4.78, 5) is 33.1. The number of benzene rings is 1. The first-order valence-electron chi connectivity index (χ1n) is 5.65. The highest BCUT2D eigenvalue weighted by molar-refractivity contribution is 5.98. The fourth-order valence-electron chi connectivity index (χ4n) is 1.17. The van der Waals surface area contributed by atoms with Crippen LogP contribution >= 0.6 is 0 Å². The van der Waals surface area contributed by atoms with E-state index in [1.807, 2.05) is 0 Å². The summed E-state index contributed by atoms with van der Waals surface area (Å²) >= 11 is 0. The van der Waals surface area contributed by atoms with Crippen LogP contribution in [-0.4, -0.2) is 30.2 Å². The summed E-state index contributed by atoms with van der Waals surface area (Å²) in [6.07, 6.45) is -8.26. The molecule has 2 N–H and O–H groups in total. The molecule has 1 rings (SSSR count). The van der Waals surface area contributed by atoms with Crippen molar-refractivity contribution < 1.29 is 32.3 Å². The molecule has 1 unspecified atom stereocenters. The molecule has 9 heteroatoms. The van der Waals surface area contributed by atoms with Crippen LogP contribution in [0.3, 0.4) is 0 Å². The molecule has 1 aromatic rings. The molecule has 6 nitrogen and oxygen atoms in total. The molecular weight excluding hydrogens is 293 g/mol. The number of amides is 3. The molecule has 0 aliphatic carbocycles. The lowest BCUT2D eigenvalue weighted by molar-refractivity contribution is -0.172. The van der Waals surface area contributed by atoms with Crippen molar-refractivity contribution in [2.45, 2.75) is 19.2 Å². The molecule has 1 aromatic carbocycles. The fraction of sp³-hybridized carbons (Fsp3) is 0.250. The van der Waals surface area contributed by atoms with Crippen molar-refractivity contribution >= 4 is 23.6 Å². The van der Waals surface area contributed by atoms with Crippen molar-refractivity contribution in [1.82, 2.24) is 5.32 Å². The first kappa shape index (κ1) is 16.5. The first-order valence-corrected chi connectivity index (χ1v) is 5.65. The summed E-state index contributed by atoms with van der Waals surface area (Å²) < 4.78 is 40.0. The normalized spacial score (nSPS) is 12.2. The molecule has 0 fully saturated rings. The number of anilines is 1. The van der Waals surface area contributed by atoms with Gasteiger partial charge in [-0.2, -0.15) is 13.2 Å². The molecule has 114 valence electrons. The van der Waals surface area contributed by atoms with E-state index in [2.05, 4.69) is 10.1 Å². The van der Waals surface area contributed by atoms with Crippen molar-refractivity contribution in [3.8, 4) is 0 Å². The Hall–Kier alpha value is -2.58. The van der Waals surface area contributed by atoms with Gasteiger partial charge >= 0.3 is 18.2 Å². The van der Waals surface area contributed by atoms with Gasteiger partial charge in [-0.25, -0.2) is 4.79 Å². The van der Waals surface area contributed by atoms with Crippen LogP contribution in [0, 0.1) is 0 Å². The Morgan fingerprint density at radius 3 is 2.24 bits per heavy atom. The Labute approximate surface area is 117 Å². The summed E-state index contributed by atoms with van der Waals surface area (Å²) in [5.74, 6) is -3.22. The van der Waals surface area contributed by atoms with Crippen LogP contribution in [0.4, 0.5) is 23.7 Å². The lowest BCUT2D eigenvalue weighted by atomic mass is 10.3. The zero-order valence-corrected chi connectivity index (χ0v) is 10.7. The minimum absolute atomic E-state index is 0.421. The van der Waals surface area contributed by atoms with Crippen molar-refractivity contribution in [1.29, 1.82) is 0 Å². The van der Waals surface area contributed by atoms with E-state index in [0.29, 0.717) is 5.69 Å². The lowest BCUT2D eigenvalue weighted by Crippen LogP contribution is -2.43. The molecule has 0 bridgehead atoms. The van der Waals surface area contributed by atoms with Gasteiger partial charge in [0.15, 0.2) is 6.10 Å². The molecule has 0 aromatic heterocycles. The van der Waals surface area contributed by atoms with Crippen LogP contribution in [0.1, 0.15) is 6.92 Å². The Morgan fingerprint density at radius 2 is 1.71 bits per heavy atom. The number of alkyl carbamates (subject to hydrolysis) is 1. The van der Waals surface area contributed by atoms with Gasteiger partial charge in [-0.1, -0.05) is 18.2 Å². The molecule has 0 radical (unpaired) electrons. The second-order valence-corrected chi connectivity index (χ2v) is 3.85. The highest BCUT2D eigenvalue weighted by Gasteiger charge is 2.40. The van der Waals surface area contributed by atoms with E-state index in [1.165, 1.54) is 0 Å². The largest absolute Gasteiger partial charge is 0.471 e. The number of para-hydroxylation sites is 1. The second-order valence-electron chi connectivity index (χ2n) is 3.85. The van der Waals surface area contributed by atoms with Gasteiger partial charge in [0.2, 0.25) is 0 Å². The SMILES string of the molecule is CC(OC(=O)NC(=O)C(F)(F)F)C(=O)Nc1ccccc1. The number of carbonyl (C=O) groups is 3. The maximum atomic E-state index is 11.9. The van der Waals surface area contributed by atoms with Gasteiger partial charge in [0, 0.05) is 5.69 Å². The number of ether oxygens (including phenoxy) is 1. The molecule has 3 amide bonds. The minimum atomic E-state index is -5.21. The zero-order valence-electron chi connectivity index (χ0n) is 10.7. The Kier molecular flexibility index (Phi) is 5.28. The van der Waals surface area contributed by atoms with Gasteiger partial charge < -0.3 is 10.1 Å². The van der Waals surface area contributed by atoms with Crippen LogP contribution in [0.5, 0.6) is 0 Å². The number of hydrogen-bond acceptors (Lipinski definition) is 4. The molecule has 0 heterocycles. The second kappa shape index (κ2) is 6.73. The molecule has 1 atom stereocenters. The Balaban J connectivity index is 2.49. The van der Waals surface area contributed by atoms with Crippen LogP contribution in [0.25, 0.3) is 0 Å². The molecule has 0 saturated carbocycles. The predicted octanol–water partition coefficient (Wildman–Crippen LogP) is 1.83. The third-order valence-corrected chi connectivity index (χ3v) is 2.17. The molecule has 0 spiro atoms. The van der Waals surface area contributed by atoms with Crippen LogP contribution < -0.4 is 10.6 Å². The first-order chi connectivity index (χ1) is 9.70. The van der Waals surface area contributed by atoms with E-state index in [-0.39, 0.29) is 0 Å². The number of imide groups is 1. The van der Waals surface area contributed by atoms with Crippen molar-refractivity contribution in [3.63, 3.8) is 0 Å². The summed E-state index contributed by atoms with van der Waals surface area (Å²) in [5.41, 5.74) is 0.421. The van der Waals surface area contributed by atoms with Crippen LogP contribution in [0.2, 0.25) is 0 Å². The topological polar surface area (TPSA) is 84.5 Å². The average Bonchev–Trinajstić information content (AvgIpc) is 2.38. The fourth-order valence-corrected chi connectivity index (χ4v) is 1.17. The van der Waals surface area contributed by atoms with Gasteiger partial charge in [-0.15, -0.1) is 0 Å². The molecule has 0 aliphatic heterocycles. The van der Waals surface area contributed by atoms with Crippen molar-refractivity contribution in [2.24, 2.45) is 0 Å². The van der Waals surface area contributed by atoms with E-state index >= 15 is 0 Å². The highest BCUT2D eigenvalue weighted by atomic mass is 19.4. The quantitative estimate of drug-likeness (QED) is 0.892. The Morgan fingerprint density at radius 1 is 1.14 bits per heavy atom. The van der Waals surface area contributed by atoms with E-state index in [4.69, 9.17) is 0 Å². The van der Waals surface area contributed by atoms with Crippen molar-refractivity contribution in [2.75, 3.05) is 5.32 Å². The molecular formula is C12H11F3N2O4. The van der Waals surface area contributed by atoms with Gasteiger partial charge in [0.05, 0.1) is 0 Å². The highest BCUT2D eigenvalue weighted by Crippen LogP contribution is 2.14. The maximum absolute atomic E-state index is 11.9. The smallest absolute Gasteiger partial charge is 0.436 e. The number of carbonyl (C=O) groups excluding carboxylic acids is 3. The zero-order chi connectivity index (χ0) is 16.0. The number of rotatable bonds is 3. The van der Waals surface area contributed by atoms with Crippen LogP contribution in [-0.2, 0) is 14.3 Å². The maximum Gasteiger partial charge on any atom is 0.471 e. The summed E-state index contributed by atoms with van der Waals surface area (Å²) in [6.45, 7) is 1.15. The average molecular weight is 304 g/mol. The Bertz CT molecular complexity index is 531. The summed E-state index contributed by atoms with van der Waals surface area (Å²) in [5, 5.41) is 3.34. The third kappa shape index (κ3) is 5.51. The number of nitrogens with one attached hydrogen (secondary N) is 2. The minimum Gasteiger partial charge on any atom is -0.436 e. The molecule has 21 heavy (non-hydrogen) atoms. The molecule has 0 saturated heterocycles. The van der Waals surface area contributed by atoms with E-state index in [9.17, 15) is 27.6 Å². The van der Waals surface area contributed by atoms with E-state index in [0.717, 1.165) is 12.2 Å². The van der Waals surface area contributed by atoms with Gasteiger partial charge in [0.1, 0.15) is 0 Å². The van der Waals surface area contributed by atoms with Gasteiger partial charge in [-0.05, 0) is 19.1 Å². The van der Waals surface area contributed by atoms with Crippen LogP contribution in [0.15, 0.2) is 30.3 Å². The number of alkyl halides is 3. The predicted molar refractivity (Wildman–Crippen MR) is 65.2 cm³/mol. The third-order valence-electron chi connectivity index (χ3n) is 2.17. The standard InChI is InChI=1S/C12H11F3N2O4/c1-7(9(18)16-8-5-3-2-4-6-8)21-11(20)17-10(19)12(13,14)15/h2-7H,1H3,(H,16,18)(H,17,19,20).